The second-order valence-corrected chi connectivity index (χ2v) is 9.32. The molecule has 1 aliphatic rings. The molecule has 0 heterocycles. The minimum atomic E-state index is -0.750. The highest BCUT2D eigenvalue weighted by molar-refractivity contribution is 5.85. The van der Waals surface area contributed by atoms with Crippen molar-refractivity contribution < 1.29 is 23.9 Å². The van der Waals surface area contributed by atoms with Gasteiger partial charge in [0.25, 0.3) is 0 Å². The summed E-state index contributed by atoms with van der Waals surface area (Å²) in [5.74, 6) is -0.889. The van der Waals surface area contributed by atoms with Crippen LogP contribution in [0.5, 0.6) is 0 Å². The Balaban J connectivity index is 1.92. The van der Waals surface area contributed by atoms with Gasteiger partial charge in [0.1, 0.15) is 18.2 Å². The molecule has 1 atom stereocenters. The maximum absolute atomic E-state index is 12.7. The number of hydrogen-bond donors (Lipinski definition) is 2. The Morgan fingerprint density at radius 1 is 1.10 bits per heavy atom. The number of esters is 1. The van der Waals surface area contributed by atoms with Gasteiger partial charge in [0.15, 0.2) is 0 Å². The number of ether oxygens (including phenoxy) is 2. The lowest BCUT2D eigenvalue weighted by molar-refractivity contribution is -0.150. The monoisotopic (exact) mass is 418 g/mol. The summed E-state index contributed by atoms with van der Waals surface area (Å²) in [4.78, 5) is 37.4. The lowest BCUT2D eigenvalue weighted by Crippen LogP contribution is -2.57. The zero-order valence-corrected chi connectivity index (χ0v) is 18.6. The molecule has 2 rings (SSSR count). The number of rotatable bonds is 8. The second kappa shape index (κ2) is 9.96. The highest BCUT2D eigenvalue weighted by Crippen LogP contribution is 2.35. The number of carbonyl (C=O) groups excluding carboxylic acids is 3. The molecule has 2 N–H and O–H groups in total. The average Bonchev–Trinajstić information content (AvgIpc) is 2.61. The Morgan fingerprint density at radius 3 is 2.23 bits per heavy atom. The molecule has 0 aliphatic heterocycles. The van der Waals surface area contributed by atoms with Crippen LogP contribution >= 0.6 is 0 Å². The summed E-state index contributed by atoms with van der Waals surface area (Å²) >= 11 is 0. The lowest BCUT2D eigenvalue weighted by Gasteiger charge is -2.42. The van der Waals surface area contributed by atoms with Gasteiger partial charge in [0.05, 0.1) is 5.54 Å². The van der Waals surface area contributed by atoms with Gasteiger partial charge in [0, 0.05) is 6.42 Å². The van der Waals surface area contributed by atoms with E-state index in [0.29, 0.717) is 12.8 Å². The number of amides is 2. The van der Waals surface area contributed by atoms with Crippen LogP contribution in [0.2, 0.25) is 0 Å². The van der Waals surface area contributed by atoms with Crippen LogP contribution in [-0.4, -0.2) is 35.2 Å². The van der Waals surface area contributed by atoms with E-state index in [4.69, 9.17) is 9.47 Å². The molecule has 7 heteroatoms. The molecule has 166 valence electrons. The highest BCUT2D eigenvalue weighted by Gasteiger charge is 2.42. The van der Waals surface area contributed by atoms with Crippen molar-refractivity contribution in [2.45, 2.75) is 84.1 Å². The molecule has 0 bridgehead atoms. The maximum atomic E-state index is 12.7. The van der Waals surface area contributed by atoms with E-state index < -0.39 is 29.2 Å². The van der Waals surface area contributed by atoms with Crippen molar-refractivity contribution in [3.63, 3.8) is 0 Å². The highest BCUT2D eigenvalue weighted by atomic mass is 16.6. The van der Waals surface area contributed by atoms with Crippen LogP contribution < -0.4 is 10.6 Å². The number of hydrogen-bond acceptors (Lipinski definition) is 5. The molecule has 1 aromatic rings. The molecule has 0 aromatic heterocycles. The summed E-state index contributed by atoms with van der Waals surface area (Å²) in [5, 5.41) is 5.65. The summed E-state index contributed by atoms with van der Waals surface area (Å²) in [6, 6.07) is 8.64. The Bertz CT molecular complexity index is 736. The summed E-state index contributed by atoms with van der Waals surface area (Å²) in [6.07, 6.45) is 1.89. The first kappa shape index (κ1) is 23.7. The molecular formula is C23H34N2O5. The maximum Gasteiger partial charge on any atom is 0.408 e. The normalized spacial score (nSPS) is 16.2. The van der Waals surface area contributed by atoms with Crippen molar-refractivity contribution >= 4 is 18.0 Å². The van der Waals surface area contributed by atoms with Gasteiger partial charge in [0.2, 0.25) is 5.91 Å². The largest absolute Gasteiger partial charge is 0.459 e. The summed E-state index contributed by atoms with van der Waals surface area (Å²) < 4.78 is 10.7. The first-order valence-electron chi connectivity index (χ1n) is 10.5. The van der Waals surface area contributed by atoms with Gasteiger partial charge in [-0.15, -0.1) is 0 Å². The van der Waals surface area contributed by atoms with E-state index in [1.807, 2.05) is 44.2 Å². The molecular weight excluding hydrogens is 384 g/mol. The van der Waals surface area contributed by atoms with E-state index in [9.17, 15) is 14.4 Å². The topological polar surface area (TPSA) is 93.7 Å². The average molecular weight is 419 g/mol. The Labute approximate surface area is 178 Å². The predicted molar refractivity (Wildman–Crippen MR) is 114 cm³/mol. The fourth-order valence-electron chi connectivity index (χ4n) is 3.32. The third-order valence-electron chi connectivity index (χ3n) is 5.04. The van der Waals surface area contributed by atoms with Crippen LogP contribution in [0.1, 0.15) is 65.9 Å². The van der Waals surface area contributed by atoms with Gasteiger partial charge in [-0.3, -0.25) is 4.79 Å². The summed E-state index contributed by atoms with van der Waals surface area (Å²) in [5.41, 5.74) is -0.348. The SMILES string of the molecule is CC(C)C(NC(=O)CC1(NC(=O)OC(C)(C)C)CCC1)C(=O)OCc1ccccc1. The number of nitrogens with one attached hydrogen (secondary N) is 2. The van der Waals surface area contributed by atoms with E-state index in [2.05, 4.69) is 10.6 Å². The van der Waals surface area contributed by atoms with Crippen molar-refractivity contribution in [3.8, 4) is 0 Å². The number of benzene rings is 1. The first-order chi connectivity index (χ1) is 14.0. The molecule has 1 fully saturated rings. The van der Waals surface area contributed by atoms with Crippen LogP contribution in [-0.2, 0) is 25.7 Å². The van der Waals surface area contributed by atoms with E-state index in [0.717, 1.165) is 12.0 Å². The van der Waals surface area contributed by atoms with Crippen molar-refractivity contribution in [2.24, 2.45) is 5.92 Å². The molecule has 0 spiro atoms. The fourth-order valence-corrected chi connectivity index (χ4v) is 3.32. The molecule has 1 saturated carbocycles. The minimum Gasteiger partial charge on any atom is -0.459 e. The van der Waals surface area contributed by atoms with Gasteiger partial charge < -0.3 is 20.1 Å². The van der Waals surface area contributed by atoms with Crippen LogP contribution in [0.3, 0.4) is 0 Å². The zero-order valence-electron chi connectivity index (χ0n) is 18.6. The standard InChI is InChI=1S/C23H34N2O5/c1-16(2)19(20(27)29-15-17-10-7-6-8-11-17)24-18(26)14-23(12-9-13-23)25-21(28)30-22(3,4)5/h6-8,10-11,16,19H,9,12-15H2,1-5H3,(H,24,26)(H,25,28). The van der Waals surface area contributed by atoms with Crippen LogP contribution in [0, 0.1) is 5.92 Å². The van der Waals surface area contributed by atoms with Gasteiger partial charge in [-0.1, -0.05) is 44.2 Å². The zero-order chi connectivity index (χ0) is 22.4. The van der Waals surface area contributed by atoms with Gasteiger partial charge in [-0.2, -0.15) is 0 Å². The van der Waals surface area contributed by atoms with Crippen LogP contribution in [0.15, 0.2) is 30.3 Å². The van der Waals surface area contributed by atoms with Crippen LogP contribution in [0.4, 0.5) is 4.79 Å². The van der Waals surface area contributed by atoms with Crippen molar-refractivity contribution in [1.82, 2.24) is 10.6 Å². The smallest absolute Gasteiger partial charge is 0.408 e. The molecule has 0 saturated heterocycles. The molecule has 2 amide bonds. The van der Waals surface area contributed by atoms with Crippen molar-refractivity contribution in [2.75, 3.05) is 0 Å². The van der Waals surface area contributed by atoms with E-state index in [-0.39, 0.29) is 24.9 Å². The Hall–Kier alpha value is -2.57. The van der Waals surface area contributed by atoms with Gasteiger partial charge in [-0.25, -0.2) is 9.59 Å². The minimum absolute atomic E-state index is 0.0986. The predicted octanol–water partition coefficient (Wildman–Crippen LogP) is 3.71. The fraction of sp³-hybridized carbons (Fsp3) is 0.609. The molecule has 0 radical (unpaired) electrons. The lowest BCUT2D eigenvalue weighted by atomic mass is 9.74. The van der Waals surface area contributed by atoms with E-state index in [1.54, 1.807) is 20.8 Å². The Morgan fingerprint density at radius 2 is 1.73 bits per heavy atom. The quantitative estimate of drug-likeness (QED) is 0.628. The summed E-state index contributed by atoms with van der Waals surface area (Å²) in [6.45, 7) is 9.24. The van der Waals surface area contributed by atoms with E-state index in [1.165, 1.54) is 0 Å². The number of alkyl carbamates (subject to hydrolysis) is 1. The van der Waals surface area contributed by atoms with Crippen molar-refractivity contribution in [3.05, 3.63) is 35.9 Å². The third kappa shape index (κ3) is 7.35. The molecule has 30 heavy (non-hydrogen) atoms. The number of carbonyl (C=O) groups is 3. The molecule has 1 aromatic carbocycles. The van der Waals surface area contributed by atoms with Crippen molar-refractivity contribution in [1.29, 1.82) is 0 Å². The molecule has 1 aliphatic carbocycles. The Kier molecular flexibility index (Phi) is 7.87. The second-order valence-electron chi connectivity index (χ2n) is 9.32. The van der Waals surface area contributed by atoms with Crippen LogP contribution in [0.25, 0.3) is 0 Å². The third-order valence-corrected chi connectivity index (χ3v) is 5.04. The molecule has 1 unspecified atom stereocenters. The van der Waals surface area contributed by atoms with Gasteiger partial charge in [-0.05, 0) is 51.5 Å². The van der Waals surface area contributed by atoms with E-state index >= 15 is 0 Å². The summed E-state index contributed by atoms with van der Waals surface area (Å²) in [7, 11) is 0. The first-order valence-corrected chi connectivity index (χ1v) is 10.5. The van der Waals surface area contributed by atoms with Gasteiger partial charge >= 0.3 is 12.1 Å². The molecule has 7 nitrogen and oxygen atoms in total.